The van der Waals surface area contributed by atoms with Crippen LogP contribution in [0.1, 0.15) is 30.9 Å². The number of aliphatic imine (C=N–C) groups is 1. The fraction of sp³-hybridized carbons (Fsp3) is 0.400. The van der Waals surface area contributed by atoms with Gasteiger partial charge in [0.2, 0.25) is 5.88 Å². The Hall–Kier alpha value is -1.87. The van der Waals surface area contributed by atoms with E-state index in [1.807, 2.05) is 56.3 Å². The molecule has 1 aromatic heterocycles. The maximum absolute atomic E-state index is 9.70. The van der Waals surface area contributed by atoms with Crippen molar-refractivity contribution in [1.82, 2.24) is 15.6 Å². The molecule has 3 N–H and O–H groups in total. The number of nitrogens with zero attached hydrogens (tertiary/aromatic N) is 2. The minimum Gasteiger partial charge on any atom is -0.478 e. The van der Waals surface area contributed by atoms with Crippen LogP contribution in [0.25, 0.3) is 0 Å². The van der Waals surface area contributed by atoms with Crippen LogP contribution in [0.3, 0.4) is 0 Å². The van der Waals surface area contributed by atoms with Gasteiger partial charge in [-0.2, -0.15) is 0 Å². The number of guanidine groups is 1. The van der Waals surface area contributed by atoms with Gasteiger partial charge in [0.25, 0.3) is 0 Å². The van der Waals surface area contributed by atoms with Crippen molar-refractivity contribution in [3.63, 3.8) is 0 Å². The highest BCUT2D eigenvalue weighted by molar-refractivity contribution is 14.0. The Kier molecular flexibility index (Phi) is 11.4. The van der Waals surface area contributed by atoms with Crippen LogP contribution in [-0.2, 0) is 6.54 Å². The first-order valence-corrected chi connectivity index (χ1v) is 9.03. The summed E-state index contributed by atoms with van der Waals surface area (Å²) in [5.74, 6) is 1.33. The molecule has 2 rings (SSSR count). The molecular formula is C20H29IN4O2. The minimum atomic E-state index is 0. The molecule has 1 atom stereocenters. The van der Waals surface area contributed by atoms with E-state index in [0.29, 0.717) is 31.5 Å². The molecule has 6 nitrogen and oxygen atoms in total. The third-order valence-electron chi connectivity index (χ3n) is 3.89. The van der Waals surface area contributed by atoms with Gasteiger partial charge in [-0.1, -0.05) is 36.4 Å². The van der Waals surface area contributed by atoms with Crippen LogP contribution >= 0.6 is 24.0 Å². The first kappa shape index (κ1) is 23.2. The second-order valence-corrected chi connectivity index (χ2v) is 5.77. The van der Waals surface area contributed by atoms with Crippen LogP contribution in [0.2, 0.25) is 0 Å². The summed E-state index contributed by atoms with van der Waals surface area (Å²) in [6.07, 6.45) is 1.72. The Morgan fingerprint density at radius 3 is 2.59 bits per heavy atom. The number of ether oxygens (including phenoxy) is 1. The zero-order chi connectivity index (χ0) is 18.6. The fourth-order valence-corrected chi connectivity index (χ4v) is 2.55. The Balaban J connectivity index is 0.00000364. The van der Waals surface area contributed by atoms with Gasteiger partial charge < -0.3 is 20.5 Å². The average Bonchev–Trinajstić information content (AvgIpc) is 2.68. The normalized spacial score (nSPS) is 12.0. The number of rotatable bonds is 9. The van der Waals surface area contributed by atoms with E-state index >= 15 is 0 Å². The SMILES string of the molecule is CCNC(=NCc1cccnc1OCC)NCC(CO)c1ccccc1.I. The first-order chi connectivity index (χ1) is 12.8. The molecule has 0 spiro atoms. The molecule has 0 saturated heterocycles. The third-order valence-corrected chi connectivity index (χ3v) is 3.89. The summed E-state index contributed by atoms with van der Waals surface area (Å²) in [5, 5.41) is 16.2. The van der Waals surface area contributed by atoms with Crippen molar-refractivity contribution in [2.75, 3.05) is 26.3 Å². The van der Waals surface area contributed by atoms with Gasteiger partial charge in [0, 0.05) is 30.8 Å². The molecule has 1 aromatic carbocycles. The molecule has 1 unspecified atom stereocenters. The van der Waals surface area contributed by atoms with Gasteiger partial charge >= 0.3 is 0 Å². The summed E-state index contributed by atoms with van der Waals surface area (Å²) in [6, 6.07) is 13.8. The van der Waals surface area contributed by atoms with E-state index in [1.54, 1.807) is 6.20 Å². The molecule has 0 bridgehead atoms. The predicted octanol–water partition coefficient (Wildman–Crippen LogP) is 2.93. The Bertz CT molecular complexity index is 683. The molecule has 0 aliphatic carbocycles. The highest BCUT2D eigenvalue weighted by atomic mass is 127. The lowest BCUT2D eigenvalue weighted by Gasteiger charge is -2.18. The summed E-state index contributed by atoms with van der Waals surface area (Å²) in [5.41, 5.74) is 2.04. The fourth-order valence-electron chi connectivity index (χ4n) is 2.55. The molecule has 0 saturated carbocycles. The highest BCUT2D eigenvalue weighted by Crippen LogP contribution is 2.16. The maximum Gasteiger partial charge on any atom is 0.218 e. The highest BCUT2D eigenvalue weighted by Gasteiger charge is 2.11. The molecule has 0 amide bonds. The lowest BCUT2D eigenvalue weighted by Crippen LogP contribution is -2.39. The predicted molar refractivity (Wildman–Crippen MR) is 120 cm³/mol. The van der Waals surface area contributed by atoms with E-state index in [-0.39, 0.29) is 36.5 Å². The largest absolute Gasteiger partial charge is 0.478 e. The van der Waals surface area contributed by atoms with Gasteiger partial charge in [-0.05, 0) is 25.5 Å². The van der Waals surface area contributed by atoms with Crippen molar-refractivity contribution in [1.29, 1.82) is 0 Å². The Morgan fingerprint density at radius 1 is 1.15 bits per heavy atom. The number of hydrogen-bond acceptors (Lipinski definition) is 4. The van der Waals surface area contributed by atoms with E-state index in [9.17, 15) is 5.11 Å². The second-order valence-electron chi connectivity index (χ2n) is 5.77. The Labute approximate surface area is 178 Å². The number of hydrogen-bond donors (Lipinski definition) is 3. The number of benzene rings is 1. The summed E-state index contributed by atoms with van der Waals surface area (Å²) >= 11 is 0. The lowest BCUT2D eigenvalue weighted by atomic mass is 10.0. The second kappa shape index (κ2) is 13.3. The van der Waals surface area contributed by atoms with Gasteiger partial charge in [-0.3, -0.25) is 0 Å². The molecule has 7 heteroatoms. The van der Waals surface area contributed by atoms with E-state index in [4.69, 9.17) is 4.74 Å². The van der Waals surface area contributed by atoms with Gasteiger partial charge in [0.15, 0.2) is 5.96 Å². The maximum atomic E-state index is 9.70. The molecule has 2 aromatic rings. The number of nitrogens with one attached hydrogen (secondary N) is 2. The standard InChI is InChI=1S/C20H28N4O2.HI/c1-3-21-20(23-13-17-11-8-12-22-19(17)26-4-2)24-14-18(15-25)16-9-6-5-7-10-16;/h5-12,18,25H,3-4,13-15H2,1-2H3,(H2,21,23,24);1H. The zero-order valence-corrected chi connectivity index (χ0v) is 18.2. The third kappa shape index (κ3) is 7.72. The molecule has 0 aliphatic heterocycles. The molecule has 0 radical (unpaired) electrons. The molecule has 0 fully saturated rings. The van der Waals surface area contributed by atoms with Gasteiger partial charge in [-0.15, -0.1) is 24.0 Å². The van der Waals surface area contributed by atoms with E-state index in [1.165, 1.54) is 0 Å². The van der Waals surface area contributed by atoms with Crippen LogP contribution in [0.15, 0.2) is 53.7 Å². The molecule has 27 heavy (non-hydrogen) atoms. The van der Waals surface area contributed by atoms with E-state index in [0.717, 1.165) is 17.7 Å². The summed E-state index contributed by atoms with van der Waals surface area (Å²) < 4.78 is 5.55. The van der Waals surface area contributed by atoms with Crippen molar-refractivity contribution in [3.05, 3.63) is 59.8 Å². The minimum absolute atomic E-state index is 0. The van der Waals surface area contributed by atoms with Crippen LogP contribution < -0.4 is 15.4 Å². The van der Waals surface area contributed by atoms with Crippen LogP contribution in [0, 0.1) is 0 Å². The quantitative estimate of drug-likeness (QED) is 0.290. The number of aromatic nitrogens is 1. The van der Waals surface area contributed by atoms with Crippen molar-refractivity contribution in [3.8, 4) is 5.88 Å². The average molecular weight is 484 g/mol. The molecule has 148 valence electrons. The lowest BCUT2D eigenvalue weighted by molar-refractivity contribution is 0.265. The molecule has 1 heterocycles. The van der Waals surface area contributed by atoms with Crippen molar-refractivity contribution in [2.45, 2.75) is 26.3 Å². The van der Waals surface area contributed by atoms with Crippen molar-refractivity contribution >= 4 is 29.9 Å². The van der Waals surface area contributed by atoms with E-state index < -0.39 is 0 Å². The summed E-state index contributed by atoms with van der Waals surface area (Å²) in [4.78, 5) is 8.87. The van der Waals surface area contributed by atoms with E-state index in [2.05, 4.69) is 20.6 Å². The molecular weight excluding hydrogens is 455 g/mol. The van der Waals surface area contributed by atoms with Crippen LogP contribution in [0.5, 0.6) is 5.88 Å². The number of pyridine rings is 1. The number of halogens is 1. The van der Waals surface area contributed by atoms with Crippen LogP contribution in [-0.4, -0.2) is 42.4 Å². The smallest absolute Gasteiger partial charge is 0.218 e. The number of aliphatic hydroxyl groups is 1. The van der Waals surface area contributed by atoms with Gasteiger partial charge in [-0.25, -0.2) is 9.98 Å². The summed E-state index contributed by atoms with van der Waals surface area (Å²) in [6.45, 7) is 6.42. The Morgan fingerprint density at radius 2 is 1.93 bits per heavy atom. The van der Waals surface area contributed by atoms with Gasteiger partial charge in [0.05, 0.1) is 19.8 Å². The summed E-state index contributed by atoms with van der Waals surface area (Å²) in [7, 11) is 0. The topological polar surface area (TPSA) is 78.8 Å². The molecule has 0 aliphatic rings. The van der Waals surface area contributed by atoms with Crippen molar-refractivity contribution < 1.29 is 9.84 Å². The van der Waals surface area contributed by atoms with Gasteiger partial charge in [0.1, 0.15) is 0 Å². The number of aliphatic hydroxyl groups excluding tert-OH is 1. The van der Waals surface area contributed by atoms with Crippen LogP contribution in [0.4, 0.5) is 0 Å². The van der Waals surface area contributed by atoms with Crippen molar-refractivity contribution in [2.24, 2.45) is 4.99 Å². The monoisotopic (exact) mass is 484 g/mol. The first-order valence-electron chi connectivity index (χ1n) is 9.03. The zero-order valence-electron chi connectivity index (χ0n) is 15.9.